The molecule has 0 radical (unpaired) electrons. The molecular formula is C11H9BrClFO. The highest BCUT2D eigenvalue weighted by molar-refractivity contribution is 9.10. The van der Waals surface area contributed by atoms with E-state index >= 15 is 0 Å². The molecule has 80 valence electrons. The molecule has 0 spiro atoms. The van der Waals surface area contributed by atoms with Crippen LogP contribution in [0.5, 0.6) is 0 Å². The summed E-state index contributed by atoms with van der Waals surface area (Å²) in [5.41, 5.74) is 2.04. The molecule has 0 saturated heterocycles. The van der Waals surface area contributed by atoms with Gasteiger partial charge in [0.1, 0.15) is 5.82 Å². The van der Waals surface area contributed by atoms with Crippen LogP contribution in [0.2, 0.25) is 0 Å². The first-order chi connectivity index (χ1) is 7.08. The largest absolute Gasteiger partial charge is 0.281 e. The lowest BCUT2D eigenvalue weighted by Gasteiger charge is -2.09. The highest BCUT2D eigenvalue weighted by atomic mass is 79.9. The zero-order valence-corrected chi connectivity index (χ0v) is 10.2. The zero-order chi connectivity index (χ0) is 11.0. The van der Waals surface area contributed by atoms with Crippen molar-refractivity contribution in [1.29, 1.82) is 0 Å². The Morgan fingerprint density at radius 3 is 3.00 bits per heavy atom. The number of benzene rings is 1. The van der Waals surface area contributed by atoms with E-state index in [1.165, 1.54) is 12.1 Å². The summed E-state index contributed by atoms with van der Waals surface area (Å²) in [5, 5.41) is -0.353. The first kappa shape index (κ1) is 11.1. The Balaban J connectivity index is 2.37. The summed E-state index contributed by atoms with van der Waals surface area (Å²) in [6, 6.07) is 2.97. The molecule has 1 atom stereocenters. The molecule has 15 heavy (non-hydrogen) atoms. The minimum absolute atomic E-state index is 0.0806. The van der Waals surface area contributed by atoms with Gasteiger partial charge in [0.25, 0.3) is 0 Å². The molecule has 1 nitrogen and oxygen atoms in total. The molecule has 1 aliphatic rings. The molecule has 0 aliphatic heterocycles. The average Bonchev–Trinajstić information content (AvgIpc) is 2.48. The van der Waals surface area contributed by atoms with E-state index < -0.39 is 0 Å². The number of carbonyl (C=O) groups is 1. The van der Waals surface area contributed by atoms with Gasteiger partial charge in [-0.15, -0.1) is 0 Å². The fraction of sp³-hybridized carbons (Fsp3) is 0.364. The Labute approximate surface area is 101 Å². The summed E-state index contributed by atoms with van der Waals surface area (Å²) < 4.78 is 14.0. The molecule has 0 bridgehead atoms. The van der Waals surface area contributed by atoms with Crippen molar-refractivity contribution in [3.63, 3.8) is 0 Å². The molecular weight excluding hydrogens is 282 g/mol. The second-order valence-electron chi connectivity index (χ2n) is 3.75. The maximum Gasteiger partial charge on any atom is 0.222 e. The smallest absolute Gasteiger partial charge is 0.222 e. The third kappa shape index (κ3) is 2.23. The predicted octanol–water partition coefficient (Wildman–Crippen LogP) is 3.77. The third-order valence-corrected chi connectivity index (χ3v) is 3.65. The summed E-state index contributed by atoms with van der Waals surface area (Å²) >= 11 is 8.69. The van der Waals surface area contributed by atoms with Gasteiger partial charge in [-0.25, -0.2) is 4.39 Å². The second kappa shape index (κ2) is 4.22. The lowest BCUT2D eigenvalue weighted by molar-refractivity contribution is -0.112. The van der Waals surface area contributed by atoms with Crippen molar-refractivity contribution < 1.29 is 9.18 Å². The van der Waals surface area contributed by atoms with E-state index in [9.17, 15) is 9.18 Å². The van der Waals surface area contributed by atoms with E-state index in [2.05, 4.69) is 15.9 Å². The van der Waals surface area contributed by atoms with E-state index in [0.29, 0.717) is 6.42 Å². The van der Waals surface area contributed by atoms with E-state index in [1.807, 2.05) is 0 Å². The molecule has 1 aromatic rings. The van der Waals surface area contributed by atoms with Gasteiger partial charge in [-0.2, -0.15) is 0 Å². The third-order valence-electron chi connectivity index (χ3n) is 2.78. The number of carbonyl (C=O) groups excluding carboxylic acids is 1. The highest BCUT2D eigenvalue weighted by Crippen LogP contribution is 2.39. The summed E-state index contributed by atoms with van der Waals surface area (Å²) in [7, 11) is 0. The van der Waals surface area contributed by atoms with Gasteiger partial charge in [-0.3, -0.25) is 4.79 Å². The van der Waals surface area contributed by atoms with Crippen LogP contribution in [-0.4, -0.2) is 5.24 Å². The maximum absolute atomic E-state index is 13.2. The standard InChI is InChI=1S/C11H9BrClFO/c12-10-5-7(14)4-9-6(3-11(13)15)1-2-8(9)10/h4-6H,1-3H2. The minimum Gasteiger partial charge on any atom is -0.281 e. The quantitative estimate of drug-likeness (QED) is 0.758. The molecule has 2 rings (SSSR count). The van der Waals surface area contributed by atoms with Crippen LogP contribution in [0, 0.1) is 5.82 Å². The van der Waals surface area contributed by atoms with Gasteiger partial charge in [0.2, 0.25) is 5.24 Å². The molecule has 0 aromatic heterocycles. The van der Waals surface area contributed by atoms with Gasteiger partial charge in [0.05, 0.1) is 0 Å². The van der Waals surface area contributed by atoms with Crippen LogP contribution >= 0.6 is 27.5 Å². The topological polar surface area (TPSA) is 17.1 Å². The zero-order valence-electron chi connectivity index (χ0n) is 7.90. The number of fused-ring (bicyclic) bond motifs is 1. The van der Waals surface area contributed by atoms with Crippen LogP contribution in [0.4, 0.5) is 4.39 Å². The Bertz CT molecular complexity index is 419. The van der Waals surface area contributed by atoms with E-state index in [-0.39, 0.29) is 17.0 Å². The molecule has 0 fully saturated rings. The first-order valence-electron chi connectivity index (χ1n) is 4.74. The fourth-order valence-electron chi connectivity index (χ4n) is 2.13. The van der Waals surface area contributed by atoms with Gasteiger partial charge in [0, 0.05) is 10.9 Å². The highest BCUT2D eigenvalue weighted by Gasteiger charge is 2.26. The van der Waals surface area contributed by atoms with E-state index in [4.69, 9.17) is 11.6 Å². The Morgan fingerprint density at radius 1 is 1.60 bits per heavy atom. The van der Waals surface area contributed by atoms with Crippen LogP contribution in [-0.2, 0) is 11.2 Å². The van der Waals surface area contributed by atoms with Gasteiger partial charge >= 0.3 is 0 Å². The van der Waals surface area contributed by atoms with Crippen molar-refractivity contribution in [2.24, 2.45) is 0 Å². The van der Waals surface area contributed by atoms with Crippen LogP contribution in [0.1, 0.15) is 29.9 Å². The van der Waals surface area contributed by atoms with Crippen molar-refractivity contribution in [3.8, 4) is 0 Å². The van der Waals surface area contributed by atoms with Crippen molar-refractivity contribution in [2.45, 2.75) is 25.2 Å². The molecule has 0 heterocycles. The van der Waals surface area contributed by atoms with Crippen molar-refractivity contribution >= 4 is 32.8 Å². The van der Waals surface area contributed by atoms with Crippen LogP contribution < -0.4 is 0 Å². The molecule has 0 saturated carbocycles. The van der Waals surface area contributed by atoms with Crippen molar-refractivity contribution in [2.75, 3.05) is 0 Å². The number of halogens is 3. The van der Waals surface area contributed by atoms with Gasteiger partial charge in [-0.1, -0.05) is 15.9 Å². The maximum atomic E-state index is 13.2. The van der Waals surface area contributed by atoms with Crippen molar-refractivity contribution in [3.05, 3.63) is 33.5 Å². The molecule has 1 unspecified atom stereocenters. The fourth-order valence-corrected chi connectivity index (χ4v) is 2.96. The van der Waals surface area contributed by atoms with E-state index in [1.54, 1.807) is 0 Å². The minimum atomic E-state index is -0.353. The Hall–Kier alpha value is -0.410. The molecule has 0 amide bonds. The Morgan fingerprint density at radius 2 is 2.33 bits per heavy atom. The lowest BCUT2D eigenvalue weighted by Crippen LogP contribution is -1.99. The molecule has 1 aliphatic carbocycles. The predicted molar refractivity (Wildman–Crippen MR) is 60.6 cm³/mol. The molecule has 1 aromatic carbocycles. The summed E-state index contributed by atoms with van der Waals surface area (Å²) in [5.74, 6) is -0.188. The summed E-state index contributed by atoms with van der Waals surface area (Å²) in [6.45, 7) is 0. The van der Waals surface area contributed by atoms with Gasteiger partial charge in [0.15, 0.2) is 0 Å². The second-order valence-corrected chi connectivity index (χ2v) is 5.03. The number of hydrogen-bond acceptors (Lipinski definition) is 1. The molecule has 4 heteroatoms. The van der Waals surface area contributed by atoms with Gasteiger partial charge < -0.3 is 0 Å². The van der Waals surface area contributed by atoms with Crippen LogP contribution in [0.25, 0.3) is 0 Å². The average molecular weight is 292 g/mol. The molecule has 0 N–H and O–H groups in total. The summed E-state index contributed by atoms with van der Waals surface area (Å²) in [4.78, 5) is 10.8. The monoisotopic (exact) mass is 290 g/mol. The number of hydrogen-bond donors (Lipinski definition) is 0. The van der Waals surface area contributed by atoms with Crippen LogP contribution in [0.3, 0.4) is 0 Å². The summed E-state index contributed by atoms with van der Waals surface area (Å²) in [6.07, 6.45) is 2.05. The van der Waals surface area contributed by atoms with Crippen LogP contribution in [0.15, 0.2) is 16.6 Å². The Kier molecular flexibility index (Phi) is 3.12. The first-order valence-corrected chi connectivity index (χ1v) is 5.91. The normalized spacial score (nSPS) is 19.0. The van der Waals surface area contributed by atoms with Crippen molar-refractivity contribution in [1.82, 2.24) is 0 Å². The van der Waals surface area contributed by atoms with Gasteiger partial charge in [-0.05, 0) is 53.6 Å². The SMILES string of the molecule is O=C(Cl)CC1CCc2c(Br)cc(F)cc21. The van der Waals surface area contributed by atoms with E-state index in [0.717, 1.165) is 28.4 Å². The lowest BCUT2D eigenvalue weighted by atomic mass is 9.98. The number of rotatable bonds is 2.